The average molecular weight is 669 g/mol. The summed E-state index contributed by atoms with van der Waals surface area (Å²) in [5.74, 6) is -0.669. The van der Waals surface area contributed by atoms with Crippen molar-refractivity contribution in [2.24, 2.45) is 0 Å². The molecule has 0 aromatic rings. The number of aliphatic hydroxyl groups is 1. The van der Waals surface area contributed by atoms with E-state index in [-0.39, 0.29) is 25.2 Å². The zero-order chi connectivity index (χ0) is 35.0. The summed E-state index contributed by atoms with van der Waals surface area (Å²) in [5.41, 5.74) is 0. The molecule has 5 heteroatoms. The van der Waals surface area contributed by atoms with Crippen molar-refractivity contribution in [3.05, 3.63) is 72.9 Å². The zero-order valence-electron chi connectivity index (χ0n) is 31.0. The van der Waals surface area contributed by atoms with Crippen LogP contribution in [0.15, 0.2) is 72.9 Å². The molecule has 0 aliphatic rings. The number of hydrogen-bond acceptors (Lipinski definition) is 5. The van der Waals surface area contributed by atoms with E-state index in [0.717, 1.165) is 57.8 Å². The normalized spacial score (nSPS) is 13.0. The summed E-state index contributed by atoms with van der Waals surface area (Å²) >= 11 is 0. The molecule has 0 amide bonds. The predicted octanol–water partition coefficient (Wildman–Crippen LogP) is 12.2. The van der Waals surface area contributed by atoms with Gasteiger partial charge in [-0.05, 0) is 77.0 Å². The van der Waals surface area contributed by atoms with E-state index in [1.165, 1.54) is 77.0 Å². The maximum absolute atomic E-state index is 12.2. The van der Waals surface area contributed by atoms with Gasteiger partial charge in [0.2, 0.25) is 0 Å². The molecule has 0 aromatic heterocycles. The highest BCUT2D eigenvalue weighted by Crippen LogP contribution is 2.12. The quantitative estimate of drug-likeness (QED) is 0.0420. The number of carbonyl (C=O) groups excluding carboxylic acids is 2. The van der Waals surface area contributed by atoms with Gasteiger partial charge in [-0.3, -0.25) is 9.59 Å². The van der Waals surface area contributed by atoms with Crippen LogP contribution in [0.2, 0.25) is 0 Å². The van der Waals surface area contributed by atoms with Crippen LogP contribution < -0.4 is 0 Å². The summed E-state index contributed by atoms with van der Waals surface area (Å²) in [7, 11) is 0. The van der Waals surface area contributed by atoms with E-state index >= 15 is 0 Å². The van der Waals surface area contributed by atoms with E-state index in [2.05, 4.69) is 86.8 Å². The minimum Gasteiger partial charge on any atom is -0.462 e. The molecular formula is C43H72O5. The lowest BCUT2D eigenvalue weighted by Crippen LogP contribution is -2.28. The average Bonchev–Trinajstić information content (AvgIpc) is 3.09. The molecule has 0 rings (SSSR count). The molecule has 0 saturated heterocycles. The molecule has 0 fully saturated rings. The van der Waals surface area contributed by atoms with E-state index in [9.17, 15) is 14.7 Å². The standard InChI is InChI=1S/C43H72O5/c1-3-5-7-9-11-13-15-17-19-21-23-25-27-29-31-33-35-37-42(45)47-40-41(39-44)48-43(46)38-36-34-32-30-28-26-24-22-20-18-16-14-12-10-8-6-4-2/h5,7,11,13,17-20,23,25,29,31,41,44H,3-4,6,8-10,12,14-16,21-22,24,26-28,30,32-40H2,1-2H3/b7-5+,13-11+,19-17+,20-18+,25-23+,31-29+/t41-/m0/s1. The molecule has 0 saturated carbocycles. The Bertz CT molecular complexity index is 895. The Morgan fingerprint density at radius 3 is 1.44 bits per heavy atom. The molecule has 0 spiro atoms. The maximum Gasteiger partial charge on any atom is 0.306 e. The number of ether oxygens (including phenoxy) is 2. The van der Waals surface area contributed by atoms with Gasteiger partial charge in [-0.25, -0.2) is 0 Å². The summed E-state index contributed by atoms with van der Waals surface area (Å²) in [6.45, 7) is 3.95. The Morgan fingerprint density at radius 1 is 0.500 bits per heavy atom. The van der Waals surface area contributed by atoms with Crippen LogP contribution in [0.25, 0.3) is 0 Å². The first-order valence-electron chi connectivity index (χ1n) is 19.5. The minimum atomic E-state index is -0.799. The van der Waals surface area contributed by atoms with Crippen molar-refractivity contribution in [3.63, 3.8) is 0 Å². The van der Waals surface area contributed by atoms with Gasteiger partial charge in [-0.15, -0.1) is 0 Å². The van der Waals surface area contributed by atoms with E-state index in [1.807, 2.05) is 0 Å². The molecule has 0 aliphatic heterocycles. The van der Waals surface area contributed by atoms with Gasteiger partial charge in [0.05, 0.1) is 6.61 Å². The van der Waals surface area contributed by atoms with Crippen molar-refractivity contribution in [1.29, 1.82) is 0 Å². The number of rotatable bonds is 34. The van der Waals surface area contributed by atoms with Crippen molar-refractivity contribution >= 4 is 11.9 Å². The van der Waals surface area contributed by atoms with Crippen molar-refractivity contribution in [2.75, 3.05) is 13.2 Å². The van der Waals surface area contributed by atoms with Crippen molar-refractivity contribution in [2.45, 2.75) is 174 Å². The van der Waals surface area contributed by atoms with Gasteiger partial charge in [0.25, 0.3) is 0 Å². The topological polar surface area (TPSA) is 72.8 Å². The smallest absolute Gasteiger partial charge is 0.306 e. The van der Waals surface area contributed by atoms with Crippen LogP contribution in [-0.2, 0) is 19.1 Å². The Hall–Kier alpha value is -2.66. The van der Waals surface area contributed by atoms with E-state index < -0.39 is 6.10 Å². The molecular weight excluding hydrogens is 596 g/mol. The molecule has 0 unspecified atom stereocenters. The number of carbonyl (C=O) groups is 2. The van der Waals surface area contributed by atoms with E-state index in [0.29, 0.717) is 19.3 Å². The zero-order valence-corrected chi connectivity index (χ0v) is 31.0. The molecule has 1 N–H and O–H groups in total. The number of aliphatic hydroxyl groups excluding tert-OH is 1. The van der Waals surface area contributed by atoms with Crippen LogP contribution in [0.5, 0.6) is 0 Å². The van der Waals surface area contributed by atoms with Gasteiger partial charge in [0.15, 0.2) is 6.10 Å². The van der Waals surface area contributed by atoms with Gasteiger partial charge in [-0.2, -0.15) is 0 Å². The fourth-order valence-corrected chi connectivity index (χ4v) is 5.05. The van der Waals surface area contributed by atoms with Crippen molar-refractivity contribution in [1.82, 2.24) is 0 Å². The third-order valence-electron chi connectivity index (χ3n) is 7.98. The summed E-state index contributed by atoms with van der Waals surface area (Å²) in [4.78, 5) is 24.2. The van der Waals surface area contributed by atoms with Crippen LogP contribution >= 0.6 is 0 Å². The molecule has 0 aliphatic carbocycles. The lowest BCUT2D eigenvalue weighted by Gasteiger charge is -2.15. The highest BCUT2D eigenvalue weighted by Gasteiger charge is 2.16. The van der Waals surface area contributed by atoms with E-state index in [1.54, 1.807) is 0 Å². The Labute approximate surface area is 295 Å². The third-order valence-corrected chi connectivity index (χ3v) is 7.98. The van der Waals surface area contributed by atoms with Gasteiger partial charge < -0.3 is 14.6 Å². The van der Waals surface area contributed by atoms with Gasteiger partial charge in [-0.1, -0.05) is 151 Å². The summed E-state index contributed by atoms with van der Waals surface area (Å²) < 4.78 is 10.6. The molecule has 0 aromatic carbocycles. The Balaban J connectivity index is 3.68. The minimum absolute atomic E-state index is 0.100. The molecule has 5 nitrogen and oxygen atoms in total. The number of unbranched alkanes of at least 4 members (excludes halogenated alkanes) is 14. The highest BCUT2D eigenvalue weighted by atomic mass is 16.6. The summed E-state index contributed by atoms with van der Waals surface area (Å²) in [6, 6.07) is 0. The van der Waals surface area contributed by atoms with Crippen LogP contribution in [0.1, 0.15) is 168 Å². The van der Waals surface area contributed by atoms with Crippen LogP contribution in [0.4, 0.5) is 0 Å². The summed E-state index contributed by atoms with van der Waals surface area (Å²) in [5, 5.41) is 9.54. The second-order valence-electron chi connectivity index (χ2n) is 12.6. The summed E-state index contributed by atoms with van der Waals surface area (Å²) in [6.07, 6.45) is 51.1. The lowest BCUT2D eigenvalue weighted by atomic mass is 10.1. The van der Waals surface area contributed by atoms with Gasteiger partial charge in [0.1, 0.15) is 6.61 Å². The number of esters is 2. The molecule has 48 heavy (non-hydrogen) atoms. The third kappa shape index (κ3) is 36.2. The molecule has 0 bridgehead atoms. The molecule has 274 valence electrons. The first kappa shape index (κ1) is 45.3. The SMILES string of the molecule is CC/C=C/C/C=C/C/C=C/C/C=C/C/C=C/CCCC(=O)OC[C@H](CO)OC(=O)CCCCCCCCC/C=C/CCCCCCCC. The number of allylic oxidation sites excluding steroid dienone is 12. The van der Waals surface area contributed by atoms with Crippen LogP contribution in [0.3, 0.4) is 0 Å². The predicted molar refractivity (Wildman–Crippen MR) is 205 cm³/mol. The van der Waals surface area contributed by atoms with Crippen LogP contribution in [0, 0.1) is 0 Å². The highest BCUT2D eigenvalue weighted by molar-refractivity contribution is 5.70. The second kappa shape index (κ2) is 38.8. The fraction of sp³-hybridized carbons (Fsp3) is 0.674. The molecule has 0 radical (unpaired) electrons. The van der Waals surface area contributed by atoms with Crippen LogP contribution in [-0.4, -0.2) is 36.4 Å². The van der Waals surface area contributed by atoms with Crippen molar-refractivity contribution in [3.8, 4) is 0 Å². The lowest BCUT2D eigenvalue weighted by molar-refractivity contribution is -0.161. The largest absolute Gasteiger partial charge is 0.462 e. The van der Waals surface area contributed by atoms with Gasteiger partial charge >= 0.3 is 11.9 Å². The van der Waals surface area contributed by atoms with Crippen molar-refractivity contribution < 1.29 is 24.2 Å². The first-order valence-corrected chi connectivity index (χ1v) is 19.5. The Kier molecular flexibility index (Phi) is 36.6. The Morgan fingerprint density at radius 2 is 0.917 bits per heavy atom. The monoisotopic (exact) mass is 669 g/mol. The van der Waals surface area contributed by atoms with Gasteiger partial charge in [0, 0.05) is 12.8 Å². The second-order valence-corrected chi connectivity index (χ2v) is 12.6. The molecule has 1 atom stereocenters. The first-order chi connectivity index (χ1) is 23.6. The molecule has 0 heterocycles. The number of hydrogen-bond donors (Lipinski definition) is 1. The fourth-order valence-electron chi connectivity index (χ4n) is 5.05. The maximum atomic E-state index is 12.2. The van der Waals surface area contributed by atoms with E-state index in [4.69, 9.17) is 9.47 Å².